The molecule has 8 heteroatoms. The summed E-state index contributed by atoms with van der Waals surface area (Å²) in [5.41, 5.74) is 2.17. The molecule has 1 fully saturated rings. The van der Waals surface area contributed by atoms with Crippen LogP contribution in [0.1, 0.15) is 37.7 Å². The van der Waals surface area contributed by atoms with Crippen LogP contribution in [-0.4, -0.2) is 32.0 Å². The number of hydrogen-bond donors (Lipinski definition) is 1. The average molecular weight is 466 g/mol. The molecule has 3 aromatic rings. The predicted molar refractivity (Wildman–Crippen MR) is 127 cm³/mol. The first-order chi connectivity index (χ1) is 15.5. The number of thioether (sulfide) groups is 1. The summed E-state index contributed by atoms with van der Waals surface area (Å²) >= 11 is 7.37. The van der Waals surface area contributed by atoms with Crippen LogP contribution >= 0.6 is 23.4 Å². The van der Waals surface area contributed by atoms with Crippen molar-refractivity contribution in [3.05, 3.63) is 59.1 Å². The summed E-state index contributed by atoms with van der Waals surface area (Å²) in [5, 5.41) is 22.7. The number of aromatic nitrogens is 3. The molecule has 0 atom stereocenters. The van der Waals surface area contributed by atoms with Crippen molar-refractivity contribution in [3.8, 4) is 23.1 Å². The maximum atomic E-state index is 12.7. The fourth-order valence-electron chi connectivity index (χ4n) is 4.00. The van der Waals surface area contributed by atoms with Gasteiger partial charge in [0.25, 0.3) is 0 Å². The van der Waals surface area contributed by atoms with Gasteiger partial charge in [0.1, 0.15) is 5.54 Å². The number of nitrogens with zero attached hydrogens (tertiary/aromatic N) is 4. The fourth-order valence-corrected chi connectivity index (χ4v) is 4.88. The summed E-state index contributed by atoms with van der Waals surface area (Å²) in [7, 11) is 0. The molecule has 0 unspecified atom stereocenters. The standard InChI is InChI=1S/C24H24ClN5OS/c1-17-6-5-7-20(14-17)30-22(18-8-10-19(25)11-9-18)28-29-23(30)32-15-21(31)27-24(16-26)12-3-2-4-13-24/h5-11,14H,2-4,12-13,15H2,1H3,(H,27,31). The monoisotopic (exact) mass is 465 g/mol. The maximum Gasteiger partial charge on any atom is 0.231 e. The number of hydrogen-bond acceptors (Lipinski definition) is 5. The Morgan fingerprint density at radius 3 is 2.62 bits per heavy atom. The second-order valence-electron chi connectivity index (χ2n) is 8.08. The lowest BCUT2D eigenvalue weighted by Crippen LogP contribution is -2.49. The highest BCUT2D eigenvalue weighted by molar-refractivity contribution is 7.99. The Labute approximate surface area is 197 Å². The highest BCUT2D eigenvalue weighted by Crippen LogP contribution is 2.30. The zero-order valence-electron chi connectivity index (χ0n) is 17.8. The molecule has 0 radical (unpaired) electrons. The van der Waals surface area contributed by atoms with Crippen LogP contribution in [0.5, 0.6) is 0 Å². The van der Waals surface area contributed by atoms with Gasteiger partial charge in [-0.05, 0) is 61.7 Å². The molecular weight excluding hydrogens is 442 g/mol. The Morgan fingerprint density at radius 2 is 1.94 bits per heavy atom. The molecule has 1 heterocycles. The van der Waals surface area contributed by atoms with Crippen molar-refractivity contribution in [1.82, 2.24) is 20.1 Å². The number of halogens is 1. The SMILES string of the molecule is Cc1cccc(-n2c(SCC(=O)NC3(C#N)CCCCC3)nnc2-c2ccc(Cl)cc2)c1. The van der Waals surface area contributed by atoms with E-state index >= 15 is 0 Å². The Kier molecular flexibility index (Phi) is 6.83. The molecule has 1 N–H and O–H groups in total. The van der Waals surface area contributed by atoms with E-state index < -0.39 is 5.54 Å². The van der Waals surface area contributed by atoms with Gasteiger partial charge in [-0.2, -0.15) is 5.26 Å². The first-order valence-corrected chi connectivity index (χ1v) is 12.0. The molecule has 32 heavy (non-hydrogen) atoms. The number of carbonyl (C=O) groups is 1. The van der Waals surface area contributed by atoms with Crippen LogP contribution in [0.3, 0.4) is 0 Å². The van der Waals surface area contributed by atoms with Gasteiger partial charge in [-0.25, -0.2) is 0 Å². The van der Waals surface area contributed by atoms with Gasteiger partial charge in [0.15, 0.2) is 11.0 Å². The lowest BCUT2D eigenvalue weighted by molar-refractivity contribution is -0.120. The van der Waals surface area contributed by atoms with Crippen molar-refractivity contribution < 1.29 is 4.79 Å². The lowest BCUT2D eigenvalue weighted by atomic mass is 9.83. The minimum absolute atomic E-state index is 0.161. The van der Waals surface area contributed by atoms with Crippen molar-refractivity contribution >= 4 is 29.3 Å². The van der Waals surface area contributed by atoms with Crippen LogP contribution in [0.4, 0.5) is 0 Å². The van der Waals surface area contributed by atoms with Crippen LogP contribution in [-0.2, 0) is 4.79 Å². The smallest absolute Gasteiger partial charge is 0.231 e. The number of amides is 1. The van der Waals surface area contributed by atoms with Gasteiger partial charge in [0.05, 0.1) is 11.8 Å². The van der Waals surface area contributed by atoms with Crippen molar-refractivity contribution in [1.29, 1.82) is 5.26 Å². The third kappa shape index (κ3) is 4.98. The number of carbonyl (C=O) groups excluding carboxylic acids is 1. The summed E-state index contributed by atoms with van der Waals surface area (Å²) in [6.45, 7) is 2.03. The zero-order chi connectivity index (χ0) is 22.6. The van der Waals surface area contributed by atoms with E-state index in [9.17, 15) is 10.1 Å². The number of rotatable bonds is 6. The number of nitriles is 1. The van der Waals surface area contributed by atoms with Crippen LogP contribution in [0, 0.1) is 18.3 Å². The minimum atomic E-state index is -0.741. The van der Waals surface area contributed by atoms with Gasteiger partial charge in [0.2, 0.25) is 5.91 Å². The second kappa shape index (κ2) is 9.76. The van der Waals surface area contributed by atoms with Crippen LogP contribution in [0.15, 0.2) is 53.7 Å². The van der Waals surface area contributed by atoms with Gasteiger partial charge in [-0.1, -0.05) is 54.8 Å². The van der Waals surface area contributed by atoms with E-state index in [0.29, 0.717) is 28.8 Å². The van der Waals surface area contributed by atoms with E-state index in [1.54, 1.807) is 0 Å². The summed E-state index contributed by atoms with van der Waals surface area (Å²) in [4.78, 5) is 12.7. The molecule has 6 nitrogen and oxygen atoms in total. The van der Waals surface area contributed by atoms with Crippen LogP contribution in [0.2, 0.25) is 5.02 Å². The Bertz CT molecular complexity index is 1150. The molecule has 1 aromatic heterocycles. The number of nitrogens with one attached hydrogen (secondary N) is 1. The average Bonchev–Trinajstić information content (AvgIpc) is 3.23. The molecule has 164 valence electrons. The Hall–Kier alpha value is -2.82. The molecule has 1 aliphatic rings. The maximum absolute atomic E-state index is 12.7. The van der Waals surface area contributed by atoms with E-state index in [4.69, 9.17) is 11.6 Å². The van der Waals surface area contributed by atoms with E-state index in [-0.39, 0.29) is 11.7 Å². The molecular formula is C24H24ClN5OS. The van der Waals surface area contributed by atoms with Crippen LogP contribution in [0.25, 0.3) is 17.1 Å². The summed E-state index contributed by atoms with van der Waals surface area (Å²) in [6, 6.07) is 17.8. The molecule has 4 rings (SSSR count). The van der Waals surface area contributed by atoms with Gasteiger partial charge in [-0.3, -0.25) is 9.36 Å². The van der Waals surface area contributed by atoms with Gasteiger partial charge in [-0.15, -0.1) is 10.2 Å². The van der Waals surface area contributed by atoms with E-state index in [2.05, 4.69) is 27.6 Å². The lowest BCUT2D eigenvalue weighted by Gasteiger charge is -2.31. The molecule has 1 aliphatic carbocycles. The summed E-state index contributed by atoms with van der Waals surface area (Å²) < 4.78 is 1.95. The number of aryl methyl sites for hydroxylation is 1. The molecule has 0 bridgehead atoms. The third-order valence-corrected chi connectivity index (χ3v) is 6.81. The third-order valence-electron chi connectivity index (χ3n) is 5.63. The van der Waals surface area contributed by atoms with E-state index in [0.717, 1.165) is 36.1 Å². The summed E-state index contributed by atoms with van der Waals surface area (Å²) in [6.07, 6.45) is 4.46. The molecule has 0 aliphatic heterocycles. The number of benzene rings is 2. The van der Waals surface area contributed by atoms with Crippen molar-refractivity contribution in [2.75, 3.05) is 5.75 Å². The molecule has 0 saturated heterocycles. The van der Waals surface area contributed by atoms with Crippen molar-refractivity contribution in [2.24, 2.45) is 0 Å². The van der Waals surface area contributed by atoms with Crippen molar-refractivity contribution in [3.63, 3.8) is 0 Å². The topological polar surface area (TPSA) is 83.6 Å². The highest BCUT2D eigenvalue weighted by atomic mass is 35.5. The largest absolute Gasteiger partial charge is 0.337 e. The molecule has 2 aromatic carbocycles. The van der Waals surface area contributed by atoms with E-state index in [1.165, 1.54) is 11.8 Å². The first-order valence-electron chi connectivity index (χ1n) is 10.6. The second-order valence-corrected chi connectivity index (χ2v) is 9.46. The highest BCUT2D eigenvalue weighted by Gasteiger charge is 2.33. The molecule has 0 spiro atoms. The van der Waals surface area contributed by atoms with Crippen molar-refractivity contribution in [2.45, 2.75) is 49.7 Å². The quantitative estimate of drug-likeness (QED) is 0.497. The molecule has 1 amide bonds. The van der Waals surface area contributed by atoms with Crippen LogP contribution < -0.4 is 5.32 Å². The molecule has 1 saturated carbocycles. The van der Waals surface area contributed by atoms with Gasteiger partial charge < -0.3 is 5.32 Å². The Balaban J connectivity index is 1.59. The predicted octanol–water partition coefficient (Wildman–Crippen LogP) is 5.33. The Morgan fingerprint density at radius 1 is 1.19 bits per heavy atom. The zero-order valence-corrected chi connectivity index (χ0v) is 19.4. The fraction of sp³-hybridized carbons (Fsp3) is 0.333. The van der Waals surface area contributed by atoms with E-state index in [1.807, 2.05) is 54.0 Å². The first kappa shape index (κ1) is 22.4. The normalized spacial score (nSPS) is 15.2. The summed E-state index contributed by atoms with van der Waals surface area (Å²) in [5.74, 6) is 0.676. The minimum Gasteiger partial charge on any atom is -0.337 e. The van der Waals surface area contributed by atoms with Gasteiger partial charge in [0, 0.05) is 16.3 Å². The van der Waals surface area contributed by atoms with Gasteiger partial charge >= 0.3 is 0 Å².